The quantitative estimate of drug-likeness (QED) is 0.132. The molecule has 0 fully saturated rings. The third-order valence-corrected chi connectivity index (χ3v) is 6.83. The highest BCUT2D eigenvalue weighted by molar-refractivity contribution is 4.82. The van der Waals surface area contributed by atoms with Crippen LogP contribution in [-0.4, -0.2) is 36.6 Å². The Kier molecular flexibility index (Phi) is 23.9. The van der Waals surface area contributed by atoms with E-state index in [1.807, 2.05) is 0 Å². The zero-order valence-electron chi connectivity index (χ0n) is 22.6. The number of rotatable bonds is 26. The molecule has 32 heavy (non-hydrogen) atoms. The van der Waals surface area contributed by atoms with E-state index in [-0.39, 0.29) is 18.3 Å². The van der Waals surface area contributed by atoms with E-state index in [1.165, 1.54) is 128 Å². The van der Waals surface area contributed by atoms with E-state index in [9.17, 15) is 0 Å². The zero-order chi connectivity index (χ0) is 23.8. The molecule has 0 bridgehead atoms. The van der Waals surface area contributed by atoms with Gasteiger partial charge in [-0.05, 0) is 26.2 Å². The lowest BCUT2D eigenvalue weighted by atomic mass is 9.84. The van der Waals surface area contributed by atoms with Gasteiger partial charge < -0.3 is 14.6 Å². The van der Waals surface area contributed by atoms with Gasteiger partial charge in [0.15, 0.2) is 0 Å². The van der Waals surface area contributed by atoms with Crippen molar-refractivity contribution < 1.29 is 14.6 Å². The van der Waals surface area contributed by atoms with Crippen LogP contribution in [0.3, 0.4) is 0 Å². The first-order chi connectivity index (χ1) is 15.6. The fourth-order valence-electron chi connectivity index (χ4n) is 4.69. The summed E-state index contributed by atoms with van der Waals surface area (Å²) in [5.74, 6) is 0. The minimum absolute atomic E-state index is 0.0265. The summed E-state index contributed by atoms with van der Waals surface area (Å²) in [4.78, 5) is 0. The summed E-state index contributed by atoms with van der Waals surface area (Å²) >= 11 is 0. The number of aliphatic hydroxyl groups excluding tert-OH is 1. The third kappa shape index (κ3) is 19.4. The highest BCUT2D eigenvalue weighted by Crippen LogP contribution is 2.33. The summed E-state index contributed by atoms with van der Waals surface area (Å²) in [6.07, 6.45) is 26.5. The van der Waals surface area contributed by atoms with Gasteiger partial charge in [0.1, 0.15) is 0 Å². The fourth-order valence-corrected chi connectivity index (χ4v) is 4.69. The molecule has 0 aromatic rings. The smallest absolute Gasteiger partial charge is 0.0781 e. The third-order valence-electron chi connectivity index (χ3n) is 6.83. The molecule has 0 aliphatic rings. The standard InChI is InChI=1S/C29H60O3/c1-5-8-11-14-16-18-21-24-29(22-19-13-10-7-3,23-20-17-15-12-9-6-2)32-27-28(4)31-26-25-30/h28,30H,5-27H2,1-4H3. The molecule has 0 aromatic heterocycles. The Hall–Kier alpha value is -0.120. The van der Waals surface area contributed by atoms with Crippen LogP contribution in [0.2, 0.25) is 0 Å². The molecule has 3 nitrogen and oxygen atoms in total. The lowest BCUT2D eigenvalue weighted by Crippen LogP contribution is -2.36. The van der Waals surface area contributed by atoms with Crippen molar-refractivity contribution in [3.63, 3.8) is 0 Å². The predicted molar refractivity (Wildman–Crippen MR) is 141 cm³/mol. The molecular weight excluding hydrogens is 396 g/mol. The second-order valence-electron chi connectivity index (χ2n) is 10.1. The average Bonchev–Trinajstić information content (AvgIpc) is 2.80. The molecule has 0 aliphatic carbocycles. The minimum Gasteiger partial charge on any atom is -0.394 e. The average molecular weight is 457 g/mol. The molecule has 2 atom stereocenters. The first-order valence-electron chi connectivity index (χ1n) is 14.5. The van der Waals surface area contributed by atoms with Crippen LogP contribution in [0.15, 0.2) is 0 Å². The number of hydrogen-bond acceptors (Lipinski definition) is 3. The van der Waals surface area contributed by atoms with Gasteiger partial charge in [-0.3, -0.25) is 0 Å². The maximum atomic E-state index is 9.07. The van der Waals surface area contributed by atoms with Crippen LogP contribution in [-0.2, 0) is 9.47 Å². The van der Waals surface area contributed by atoms with E-state index in [0.29, 0.717) is 13.2 Å². The second-order valence-corrected chi connectivity index (χ2v) is 10.1. The normalized spacial score (nSPS) is 14.5. The molecule has 0 heterocycles. The predicted octanol–water partition coefficient (Wildman–Crippen LogP) is 9.00. The summed E-state index contributed by atoms with van der Waals surface area (Å²) in [6, 6.07) is 0. The van der Waals surface area contributed by atoms with Gasteiger partial charge in [-0.2, -0.15) is 0 Å². The van der Waals surface area contributed by atoms with Gasteiger partial charge in [-0.1, -0.05) is 130 Å². The Morgan fingerprint density at radius 3 is 1.38 bits per heavy atom. The maximum absolute atomic E-state index is 9.07. The Morgan fingerprint density at radius 2 is 0.969 bits per heavy atom. The van der Waals surface area contributed by atoms with Crippen LogP contribution in [0.25, 0.3) is 0 Å². The van der Waals surface area contributed by atoms with Crippen molar-refractivity contribution in [2.75, 3.05) is 19.8 Å². The number of unbranched alkanes of at least 4 members (excludes halogenated alkanes) is 14. The monoisotopic (exact) mass is 456 g/mol. The Balaban J connectivity index is 4.82. The van der Waals surface area contributed by atoms with Gasteiger partial charge in [0.05, 0.1) is 31.5 Å². The van der Waals surface area contributed by atoms with Crippen molar-refractivity contribution in [3.8, 4) is 0 Å². The molecule has 0 aromatic carbocycles. The largest absolute Gasteiger partial charge is 0.394 e. The molecule has 0 radical (unpaired) electrons. The van der Waals surface area contributed by atoms with Crippen LogP contribution in [0.1, 0.15) is 156 Å². The van der Waals surface area contributed by atoms with Gasteiger partial charge >= 0.3 is 0 Å². The molecule has 0 rings (SSSR count). The molecule has 3 heteroatoms. The first-order valence-corrected chi connectivity index (χ1v) is 14.5. The van der Waals surface area contributed by atoms with Crippen LogP contribution in [0.5, 0.6) is 0 Å². The highest BCUT2D eigenvalue weighted by atomic mass is 16.5. The highest BCUT2D eigenvalue weighted by Gasteiger charge is 2.30. The lowest BCUT2D eigenvalue weighted by Gasteiger charge is -2.36. The van der Waals surface area contributed by atoms with E-state index in [0.717, 1.165) is 0 Å². The molecule has 194 valence electrons. The van der Waals surface area contributed by atoms with Crippen LogP contribution in [0, 0.1) is 0 Å². The first kappa shape index (κ1) is 31.9. The minimum atomic E-state index is 0.0265. The van der Waals surface area contributed by atoms with Crippen molar-refractivity contribution in [2.24, 2.45) is 0 Å². The lowest BCUT2D eigenvalue weighted by molar-refractivity contribution is -0.109. The fraction of sp³-hybridized carbons (Fsp3) is 1.00. The summed E-state index contributed by atoms with van der Waals surface area (Å²) in [5.41, 5.74) is 0.0265. The molecule has 0 saturated carbocycles. The van der Waals surface area contributed by atoms with Crippen molar-refractivity contribution in [2.45, 2.75) is 168 Å². The summed E-state index contributed by atoms with van der Waals surface area (Å²) < 4.78 is 12.4. The molecular formula is C29H60O3. The zero-order valence-corrected chi connectivity index (χ0v) is 22.6. The Labute approximate surface area is 202 Å². The van der Waals surface area contributed by atoms with Crippen molar-refractivity contribution >= 4 is 0 Å². The van der Waals surface area contributed by atoms with Gasteiger partial charge in [0, 0.05) is 0 Å². The van der Waals surface area contributed by atoms with Crippen molar-refractivity contribution in [1.82, 2.24) is 0 Å². The van der Waals surface area contributed by atoms with E-state index < -0.39 is 0 Å². The molecule has 0 aliphatic heterocycles. The molecule has 0 spiro atoms. The number of ether oxygens (including phenoxy) is 2. The second kappa shape index (κ2) is 24.0. The molecule has 1 N–H and O–H groups in total. The number of hydrogen-bond donors (Lipinski definition) is 1. The van der Waals surface area contributed by atoms with E-state index >= 15 is 0 Å². The summed E-state index contributed by atoms with van der Waals surface area (Å²) in [6.45, 7) is 10.1. The topological polar surface area (TPSA) is 38.7 Å². The summed E-state index contributed by atoms with van der Waals surface area (Å²) in [5, 5.41) is 9.07. The summed E-state index contributed by atoms with van der Waals surface area (Å²) in [7, 11) is 0. The SMILES string of the molecule is CCCCCCCCCC(CCCCCC)(CCCCCCCC)OCC(C)OCCO. The van der Waals surface area contributed by atoms with Crippen LogP contribution in [0.4, 0.5) is 0 Å². The van der Waals surface area contributed by atoms with Gasteiger partial charge in [0.2, 0.25) is 0 Å². The molecule has 2 unspecified atom stereocenters. The Bertz CT molecular complexity index is 360. The van der Waals surface area contributed by atoms with Crippen LogP contribution < -0.4 is 0 Å². The van der Waals surface area contributed by atoms with E-state index in [2.05, 4.69) is 27.7 Å². The van der Waals surface area contributed by atoms with Crippen molar-refractivity contribution in [3.05, 3.63) is 0 Å². The van der Waals surface area contributed by atoms with Gasteiger partial charge in [-0.15, -0.1) is 0 Å². The Morgan fingerprint density at radius 1 is 0.594 bits per heavy atom. The van der Waals surface area contributed by atoms with E-state index in [4.69, 9.17) is 14.6 Å². The molecule has 0 saturated heterocycles. The van der Waals surface area contributed by atoms with Crippen molar-refractivity contribution in [1.29, 1.82) is 0 Å². The number of aliphatic hydroxyl groups is 1. The maximum Gasteiger partial charge on any atom is 0.0781 e. The van der Waals surface area contributed by atoms with Crippen LogP contribution >= 0.6 is 0 Å². The van der Waals surface area contributed by atoms with Gasteiger partial charge in [0.25, 0.3) is 0 Å². The molecule has 0 amide bonds. The van der Waals surface area contributed by atoms with Gasteiger partial charge in [-0.25, -0.2) is 0 Å². The van der Waals surface area contributed by atoms with E-state index in [1.54, 1.807) is 0 Å².